The third-order valence-corrected chi connectivity index (χ3v) is 3.47. The van der Waals surface area contributed by atoms with E-state index in [0.717, 1.165) is 12.8 Å². The third kappa shape index (κ3) is 6.01. The van der Waals surface area contributed by atoms with Gasteiger partial charge in [0.15, 0.2) is 0 Å². The van der Waals surface area contributed by atoms with E-state index in [1.807, 2.05) is 0 Å². The van der Waals surface area contributed by atoms with E-state index in [1.165, 1.54) is 0 Å². The highest BCUT2D eigenvalue weighted by Gasteiger charge is 2.19. The standard InChI is InChI=1S/C8H18O4S/c1-2-8(13(10,11)12)6-4-3-5-7-9/h8-9H,2-7H2,1H3,(H,10,11,12). The minimum Gasteiger partial charge on any atom is -0.396 e. The van der Waals surface area contributed by atoms with Crippen LogP contribution in [0.15, 0.2) is 0 Å². The molecule has 0 aromatic rings. The molecule has 5 heteroatoms. The van der Waals surface area contributed by atoms with Crippen LogP contribution in [0.2, 0.25) is 0 Å². The summed E-state index contributed by atoms with van der Waals surface area (Å²) in [5, 5.41) is 7.85. The van der Waals surface area contributed by atoms with Crippen molar-refractivity contribution in [3.63, 3.8) is 0 Å². The largest absolute Gasteiger partial charge is 0.396 e. The number of hydrogen-bond acceptors (Lipinski definition) is 3. The van der Waals surface area contributed by atoms with Gasteiger partial charge in [-0.05, 0) is 19.3 Å². The summed E-state index contributed by atoms with van der Waals surface area (Å²) in [6.45, 7) is 1.88. The van der Waals surface area contributed by atoms with Gasteiger partial charge in [0.2, 0.25) is 0 Å². The van der Waals surface area contributed by atoms with E-state index >= 15 is 0 Å². The minimum atomic E-state index is -3.86. The topological polar surface area (TPSA) is 74.6 Å². The minimum absolute atomic E-state index is 0.142. The van der Waals surface area contributed by atoms with Crippen molar-refractivity contribution < 1.29 is 18.1 Å². The van der Waals surface area contributed by atoms with Gasteiger partial charge in [0.1, 0.15) is 0 Å². The van der Waals surface area contributed by atoms with Crippen LogP contribution in [-0.4, -0.2) is 29.9 Å². The molecule has 80 valence electrons. The fourth-order valence-electron chi connectivity index (χ4n) is 1.22. The first-order valence-electron chi connectivity index (χ1n) is 4.59. The van der Waals surface area contributed by atoms with E-state index < -0.39 is 15.4 Å². The van der Waals surface area contributed by atoms with Gasteiger partial charge >= 0.3 is 0 Å². The molecule has 0 saturated heterocycles. The van der Waals surface area contributed by atoms with E-state index in [9.17, 15) is 8.42 Å². The average Bonchev–Trinajstić information content (AvgIpc) is 2.02. The molecule has 0 aliphatic carbocycles. The fraction of sp³-hybridized carbons (Fsp3) is 1.00. The van der Waals surface area contributed by atoms with Gasteiger partial charge in [-0.15, -0.1) is 0 Å². The van der Waals surface area contributed by atoms with Gasteiger partial charge < -0.3 is 5.11 Å². The van der Waals surface area contributed by atoms with Crippen LogP contribution in [0.4, 0.5) is 0 Å². The Balaban J connectivity index is 3.74. The summed E-state index contributed by atoms with van der Waals surface area (Å²) in [6.07, 6.45) is 3.16. The molecule has 0 heterocycles. The Labute approximate surface area is 79.7 Å². The van der Waals surface area contributed by atoms with Gasteiger partial charge in [-0.25, -0.2) is 0 Å². The molecular formula is C8H18O4S. The maximum Gasteiger partial charge on any atom is 0.267 e. The van der Waals surface area contributed by atoms with Crippen LogP contribution in [0.1, 0.15) is 39.0 Å². The van der Waals surface area contributed by atoms with Crippen molar-refractivity contribution in [2.45, 2.75) is 44.3 Å². The number of rotatable bonds is 7. The van der Waals surface area contributed by atoms with Crippen LogP contribution in [0.25, 0.3) is 0 Å². The van der Waals surface area contributed by atoms with Crippen molar-refractivity contribution in [1.82, 2.24) is 0 Å². The Morgan fingerprint density at radius 3 is 2.23 bits per heavy atom. The molecule has 1 atom stereocenters. The smallest absolute Gasteiger partial charge is 0.267 e. The van der Waals surface area contributed by atoms with Crippen molar-refractivity contribution in [1.29, 1.82) is 0 Å². The lowest BCUT2D eigenvalue weighted by molar-refractivity contribution is 0.282. The lowest BCUT2D eigenvalue weighted by atomic mass is 10.1. The quantitative estimate of drug-likeness (QED) is 0.489. The molecule has 0 aromatic heterocycles. The van der Waals surface area contributed by atoms with Crippen molar-refractivity contribution in [3.05, 3.63) is 0 Å². The van der Waals surface area contributed by atoms with E-state index in [1.54, 1.807) is 6.92 Å². The summed E-state index contributed by atoms with van der Waals surface area (Å²) in [5.41, 5.74) is 0. The SMILES string of the molecule is CCC(CCCCCO)S(=O)(=O)O. The molecule has 0 bridgehead atoms. The zero-order valence-electron chi connectivity index (χ0n) is 7.94. The molecule has 0 rings (SSSR count). The maximum atomic E-state index is 10.7. The maximum absolute atomic E-state index is 10.7. The predicted octanol–water partition coefficient (Wildman–Crippen LogP) is 1.21. The number of unbranched alkanes of at least 4 members (excludes halogenated alkanes) is 2. The van der Waals surface area contributed by atoms with Gasteiger partial charge in [-0.3, -0.25) is 4.55 Å². The van der Waals surface area contributed by atoms with Crippen molar-refractivity contribution in [2.75, 3.05) is 6.61 Å². The first-order valence-corrected chi connectivity index (χ1v) is 6.09. The molecule has 0 saturated carbocycles. The second kappa shape index (κ2) is 6.34. The highest BCUT2D eigenvalue weighted by atomic mass is 32.2. The average molecular weight is 210 g/mol. The van der Waals surface area contributed by atoms with Crippen LogP contribution in [-0.2, 0) is 10.1 Å². The summed E-state index contributed by atoms with van der Waals surface area (Å²) in [6, 6.07) is 0. The monoisotopic (exact) mass is 210 g/mol. The van der Waals surface area contributed by atoms with Crippen molar-refractivity contribution >= 4 is 10.1 Å². The van der Waals surface area contributed by atoms with Crippen LogP contribution in [0.3, 0.4) is 0 Å². The number of aliphatic hydroxyl groups excluding tert-OH is 1. The second-order valence-electron chi connectivity index (χ2n) is 3.12. The molecule has 4 nitrogen and oxygen atoms in total. The Morgan fingerprint density at radius 2 is 1.85 bits per heavy atom. The van der Waals surface area contributed by atoms with Crippen LogP contribution >= 0.6 is 0 Å². The molecule has 0 aromatic carbocycles. The number of aliphatic hydroxyl groups is 1. The lowest BCUT2D eigenvalue weighted by Crippen LogP contribution is -2.19. The highest BCUT2D eigenvalue weighted by Crippen LogP contribution is 2.13. The van der Waals surface area contributed by atoms with E-state index in [4.69, 9.17) is 9.66 Å². The van der Waals surface area contributed by atoms with E-state index in [0.29, 0.717) is 19.3 Å². The van der Waals surface area contributed by atoms with Gasteiger partial charge in [-0.2, -0.15) is 8.42 Å². The summed E-state index contributed by atoms with van der Waals surface area (Å²) < 4.78 is 30.2. The molecule has 0 aliphatic heterocycles. The molecule has 0 aliphatic rings. The Bertz CT molecular complexity index is 210. The van der Waals surface area contributed by atoms with Gasteiger partial charge in [0.25, 0.3) is 10.1 Å². The van der Waals surface area contributed by atoms with E-state index in [-0.39, 0.29) is 6.61 Å². The Morgan fingerprint density at radius 1 is 1.23 bits per heavy atom. The van der Waals surface area contributed by atoms with Gasteiger partial charge in [0, 0.05) is 6.61 Å². The van der Waals surface area contributed by atoms with Gasteiger partial charge in [0.05, 0.1) is 5.25 Å². The van der Waals surface area contributed by atoms with Gasteiger partial charge in [-0.1, -0.05) is 19.8 Å². The summed E-state index contributed by atoms with van der Waals surface area (Å²) >= 11 is 0. The molecular weight excluding hydrogens is 192 g/mol. The Kier molecular flexibility index (Phi) is 6.28. The summed E-state index contributed by atoms with van der Waals surface area (Å²) in [4.78, 5) is 0. The first-order chi connectivity index (χ1) is 6.02. The predicted molar refractivity (Wildman–Crippen MR) is 51.2 cm³/mol. The van der Waals surface area contributed by atoms with Crippen molar-refractivity contribution in [2.24, 2.45) is 0 Å². The molecule has 0 amide bonds. The van der Waals surface area contributed by atoms with E-state index in [2.05, 4.69) is 0 Å². The zero-order valence-corrected chi connectivity index (χ0v) is 8.76. The number of hydrogen-bond donors (Lipinski definition) is 2. The van der Waals surface area contributed by atoms with Crippen molar-refractivity contribution in [3.8, 4) is 0 Å². The summed E-state index contributed by atoms with van der Waals surface area (Å²) in [5.74, 6) is 0. The van der Waals surface area contributed by atoms with Crippen LogP contribution in [0.5, 0.6) is 0 Å². The summed E-state index contributed by atoms with van der Waals surface area (Å²) in [7, 11) is -3.86. The molecule has 0 radical (unpaired) electrons. The lowest BCUT2D eigenvalue weighted by Gasteiger charge is -2.10. The molecule has 0 spiro atoms. The Hall–Kier alpha value is -0.130. The normalized spacial score (nSPS) is 14.4. The first kappa shape index (κ1) is 12.9. The zero-order chi connectivity index (χ0) is 10.3. The molecule has 1 unspecified atom stereocenters. The fourth-order valence-corrected chi connectivity index (χ4v) is 2.11. The molecule has 0 fully saturated rings. The molecule has 2 N–H and O–H groups in total. The third-order valence-electron chi connectivity index (χ3n) is 2.06. The van der Waals surface area contributed by atoms with Crippen LogP contribution in [0, 0.1) is 0 Å². The van der Waals surface area contributed by atoms with Crippen LogP contribution < -0.4 is 0 Å². The highest BCUT2D eigenvalue weighted by molar-refractivity contribution is 7.86. The molecule has 13 heavy (non-hydrogen) atoms. The second-order valence-corrected chi connectivity index (χ2v) is 4.81.